The fourth-order valence-electron chi connectivity index (χ4n) is 2.59. The van der Waals surface area contributed by atoms with Crippen LogP contribution in [0, 0.1) is 0 Å². The third kappa shape index (κ3) is 3.42. The van der Waals surface area contributed by atoms with Crippen LogP contribution in [0.5, 0.6) is 11.5 Å². The third-order valence-electron chi connectivity index (χ3n) is 3.86. The van der Waals surface area contributed by atoms with E-state index in [2.05, 4.69) is 12.1 Å². The van der Waals surface area contributed by atoms with Crippen molar-refractivity contribution in [3.8, 4) is 11.5 Å². The molecule has 0 unspecified atom stereocenters. The van der Waals surface area contributed by atoms with E-state index in [1.165, 1.54) is 5.56 Å². The van der Waals surface area contributed by atoms with E-state index in [4.69, 9.17) is 21.1 Å². The van der Waals surface area contributed by atoms with Gasteiger partial charge in [-0.25, -0.2) is 0 Å². The summed E-state index contributed by atoms with van der Waals surface area (Å²) in [6, 6.07) is 13.5. The van der Waals surface area contributed by atoms with E-state index in [1.54, 1.807) is 17.0 Å². The third-order valence-corrected chi connectivity index (χ3v) is 4.14. The summed E-state index contributed by atoms with van der Waals surface area (Å²) in [7, 11) is 0. The predicted molar refractivity (Wildman–Crippen MR) is 89.3 cm³/mol. The van der Waals surface area contributed by atoms with Gasteiger partial charge >= 0.3 is 0 Å². The number of benzene rings is 2. The lowest BCUT2D eigenvalue weighted by atomic mass is 10.1. The lowest BCUT2D eigenvalue weighted by molar-refractivity contribution is 0.0765. The van der Waals surface area contributed by atoms with Gasteiger partial charge < -0.3 is 14.4 Å². The zero-order chi connectivity index (χ0) is 16.2. The molecule has 0 atom stereocenters. The summed E-state index contributed by atoms with van der Waals surface area (Å²) in [5.74, 6) is 0.985. The first-order valence-corrected chi connectivity index (χ1v) is 7.99. The van der Waals surface area contributed by atoms with Crippen molar-refractivity contribution in [3.63, 3.8) is 0 Å². The lowest BCUT2D eigenvalue weighted by Gasteiger charge is -2.21. The van der Waals surface area contributed by atoms with Crippen molar-refractivity contribution >= 4 is 17.5 Å². The highest BCUT2D eigenvalue weighted by Crippen LogP contribution is 2.40. The zero-order valence-electron chi connectivity index (χ0n) is 12.9. The second kappa shape index (κ2) is 6.92. The van der Waals surface area contributed by atoms with Gasteiger partial charge in [0, 0.05) is 18.7 Å². The molecular formula is C18H18ClNO3. The van der Waals surface area contributed by atoms with Crippen LogP contribution in [-0.4, -0.2) is 30.7 Å². The van der Waals surface area contributed by atoms with Gasteiger partial charge in [0.05, 0.1) is 5.02 Å². The summed E-state index contributed by atoms with van der Waals surface area (Å²) >= 11 is 6.16. The van der Waals surface area contributed by atoms with Crippen LogP contribution in [0.1, 0.15) is 22.8 Å². The van der Waals surface area contributed by atoms with E-state index in [0.29, 0.717) is 35.2 Å². The minimum absolute atomic E-state index is 0.0522. The second-order valence-electron chi connectivity index (χ2n) is 5.31. The minimum Gasteiger partial charge on any atom is -0.454 e. The molecular weight excluding hydrogens is 314 g/mol. The molecule has 23 heavy (non-hydrogen) atoms. The van der Waals surface area contributed by atoms with Gasteiger partial charge in [-0.1, -0.05) is 41.9 Å². The quantitative estimate of drug-likeness (QED) is 0.837. The molecule has 3 rings (SSSR count). The lowest BCUT2D eigenvalue weighted by Crippen LogP contribution is -2.32. The molecule has 1 amide bonds. The molecule has 0 saturated carbocycles. The molecule has 1 aliphatic rings. The van der Waals surface area contributed by atoms with Crippen LogP contribution in [0.4, 0.5) is 0 Å². The molecule has 0 aromatic heterocycles. The first-order chi connectivity index (χ1) is 11.2. The zero-order valence-corrected chi connectivity index (χ0v) is 13.7. The van der Waals surface area contributed by atoms with Crippen molar-refractivity contribution in [2.75, 3.05) is 19.9 Å². The normalized spacial score (nSPS) is 12.3. The van der Waals surface area contributed by atoms with Crippen LogP contribution in [0.25, 0.3) is 0 Å². The van der Waals surface area contributed by atoms with Gasteiger partial charge in [-0.2, -0.15) is 0 Å². The van der Waals surface area contributed by atoms with Gasteiger partial charge in [0.1, 0.15) is 0 Å². The monoisotopic (exact) mass is 331 g/mol. The number of halogens is 1. The Morgan fingerprint density at radius 1 is 1.22 bits per heavy atom. The van der Waals surface area contributed by atoms with Crippen LogP contribution in [0.3, 0.4) is 0 Å². The van der Waals surface area contributed by atoms with Crippen molar-refractivity contribution in [2.24, 2.45) is 0 Å². The van der Waals surface area contributed by atoms with Crippen molar-refractivity contribution < 1.29 is 14.3 Å². The van der Waals surface area contributed by atoms with Gasteiger partial charge in [0.2, 0.25) is 6.79 Å². The van der Waals surface area contributed by atoms with Crippen molar-refractivity contribution in [1.29, 1.82) is 0 Å². The largest absolute Gasteiger partial charge is 0.454 e. The number of carbonyl (C=O) groups excluding carboxylic acids is 1. The highest BCUT2D eigenvalue weighted by Gasteiger charge is 2.22. The van der Waals surface area contributed by atoms with Crippen LogP contribution in [0.2, 0.25) is 5.02 Å². The Morgan fingerprint density at radius 2 is 2.00 bits per heavy atom. The number of hydrogen-bond acceptors (Lipinski definition) is 3. The molecule has 2 aromatic rings. The van der Waals surface area contributed by atoms with E-state index in [0.717, 1.165) is 6.42 Å². The average Bonchev–Trinajstić information content (AvgIpc) is 3.05. The first-order valence-electron chi connectivity index (χ1n) is 7.61. The van der Waals surface area contributed by atoms with Crippen molar-refractivity contribution in [2.45, 2.75) is 13.3 Å². The molecule has 1 aliphatic heterocycles. The molecule has 0 fully saturated rings. The summed E-state index contributed by atoms with van der Waals surface area (Å²) in [6.07, 6.45) is 0.818. The number of nitrogens with zero attached hydrogens (tertiary/aromatic N) is 1. The molecule has 120 valence electrons. The summed E-state index contributed by atoms with van der Waals surface area (Å²) in [4.78, 5) is 14.5. The molecule has 0 radical (unpaired) electrons. The Morgan fingerprint density at radius 3 is 2.74 bits per heavy atom. The van der Waals surface area contributed by atoms with Gasteiger partial charge in [0.25, 0.3) is 5.91 Å². The summed E-state index contributed by atoms with van der Waals surface area (Å²) in [5.41, 5.74) is 1.73. The van der Waals surface area contributed by atoms with Crippen molar-refractivity contribution in [1.82, 2.24) is 4.90 Å². The fourth-order valence-corrected chi connectivity index (χ4v) is 2.85. The molecule has 1 heterocycles. The molecule has 0 spiro atoms. The number of ether oxygens (including phenoxy) is 2. The number of fused-ring (bicyclic) bond motifs is 1. The van der Waals surface area contributed by atoms with Gasteiger partial charge in [-0.15, -0.1) is 0 Å². The Bertz CT molecular complexity index is 703. The topological polar surface area (TPSA) is 38.8 Å². The van der Waals surface area contributed by atoms with Crippen LogP contribution in [0.15, 0.2) is 42.5 Å². The maximum Gasteiger partial charge on any atom is 0.254 e. The Hall–Kier alpha value is -2.20. The highest BCUT2D eigenvalue weighted by atomic mass is 35.5. The summed E-state index contributed by atoms with van der Waals surface area (Å²) < 4.78 is 10.6. The minimum atomic E-state index is -0.0522. The summed E-state index contributed by atoms with van der Waals surface area (Å²) in [5, 5.41) is 0.405. The van der Waals surface area contributed by atoms with E-state index < -0.39 is 0 Å². The second-order valence-corrected chi connectivity index (χ2v) is 5.72. The van der Waals surface area contributed by atoms with Gasteiger partial charge in [0.15, 0.2) is 11.5 Å². The molecule has 0 aliphatic carbocycles. The SMILES string of the molecule is CCN(CCc1ccccc1)C(=O)c1cc(Cl)c2c(c1)OCO2. The van der Waals surface area contributed by atoms with Crippen molar-refractivity contribution in [3.05, 3.63) is 58.6 Å². The van der Waals surface area contributed by atoms with E-state index >= 15 is 0 Å². The molecule has 5 heteroatoms. The first kappa shape index (κ1) is 15.7. The smallest absolute Gasteiger partial charge is 0.254 e. The number of amides is 1. The fraction of sp³-hybridized carbons (Fsp3) is 0.278. The maximum atomic E-state index is 12.7. The van der Waals surface area contributed by atoms with Gasteiger partial charge in [-0.3, -0.25) is 4.79 Å². The molecule has 0 N–H and O–H groups in total. The molecule has 0 saturated heterocycles. The average molecular weight is 332 g/mol. The Balaban J connectivity index is 1.74. The van der Waals surface area contributed by atoms with E-state index in [9.17, 15) is 4.79 Å². The number of likely N-dealkylation sites (N-methyl/N-ethyl adjacent to an activating group) is 1. The number of hydrogen-bond donors (Lipinski definition) is 0. The molecule has 0 bridgehead atoms. The Kier molecular flexibility index (Phi) is 4.72. The van der Waals surface area contributed by atoms with E-state index in [1.807, 2.05) is 25.1 Å². The molecule has 2 aromatic carbocycles. The van der Waals surface area contributed by atoms with Crippen LogP contribution < -0.4 is 9.47 Å². The predicted octanol–water partition coefficient (Wildman–Crippen LogP) is 3.77. The molecule has 4 nitrogen and oxygen atoms in total. The highest BCUT2D eigenvalue weighted by molar-refractivity contribution is 6.32. The van der Waals surface area contributed by atoms with E-state index in [-0.39, 0.29) is 12.7 Å². The number of carbonyl (C=O) groups is 1. The van der Waals surface area contributed by atoms with Crippen LogP contribution in [-0.2, 0) is 6.42 Å². The summed E-state index contributed by atoms with van der Waals surface area (Å²) in [6.45, 7) is 3.40. The van der Waals surface area contributed by atoms with Crippen LogP contribution >= 0.6 is 11.6 Å². The van der Waals surface area contributed by atoms with Gasteiger partial charge in [-0.05, 0) is 31.0 Å². The standard InChI is InChI=1S/C18H18ClNO3/c1-2-20(9-8-13-6-4-3-5-7-13)18(21)14-10-15(19)17-16(11-14)22-12-23-17/h3-7,10-11H,2,8-9,12H2,1H3. The number of rotatable bonds is 5. The Labute approximate surface area is 140 Å². The maximum absolute atomic E-state index is 12.7.